The summed E-state index contributed by atoms with van der Waals surface area (Å²) in [4.78, 5) is 0. The van der Waals surface area contributed by atoms with Crippen molar-refractivity contribution in [2.45, 2.75) is 82.4 Å². The summed E-state index contributed by atoms with van der Waals surface area (Å²) in [7, 11) is 0. The second-order valence-electron chi connectivity index (χ2n) is 10.1. The quantitative estimate of drug-likeness (QED) is 0.418. The van der Waals surface area contributed by atoms with Crippen LogP contribution in [-0.4, -0.2) is 55.0 Å². The Balaban J connectivity index is 1.85. The molecule has 0 amide bonds. The molecule has 0 radical (unpaired) electrons. The zero-order valence-corrected chi connectivity index (χ0v) is 15.4. The molecule has 0 unspecified atom stereocenters. The van der Waals surface area contributed by atoms with Gasteiger partial charge in [0, 0.05) is 22.7 Å². The van der Waals surface area contributed by atoms with Gasteiger partial charge in [0.05, 0.1) is 23.9 Å². The summed E-state index contributed by atoms with van der Waals surface area (Å²) >= 11 is 0. The van der Waals surface area contributed by atoms with Crippen LogP contribution in [0.25, 0.3) is 0 Å². The Kier molecular flexibility index (Phi) is 3.49. The second-order valence-corrected chi connectivity index (χ2v) is 10.1. The third kappa shape index (κ3) is 1.86. The summed E-state index contributed by atoms with van der Waals surface area (Å²) in [6, 6.07) is 0. The molecule has 4 saturated carbocycles. The molecule has 5 heteroatoms. The largest absolute Gasteiger partial charge is 0.392 e. The van der Waals surface area contributed by atoms with Crippen LogP contribution in [0.15, 0.2) is 12.2 Å². The number of aliphatic hydroxyl groups excluding tert-OH is 3. The zero-order chi connectivity index (χ0) is 18.6. The fourth-order valence-electron chi connectivity index (χ4n) is 7.23. The van der Waals surface area contributed by atoms with Gasteiger partial charge >= 0.3 is 0 Å². The van der Waals surface area contributed by atoms with Crippen LogP contribution in [-0.2, 0) is 0 Å². The Morgan fingerprint density at radius 2 is 1.60 bits per heavy atom. The van der Waals surface area contributed by atoms with Gasteiger partial charge < -0.3 is 25.5 Å². The van der Waals surface area contributed by atoms with Gasteiger partial charge in [-0.2, -0.15) is 0 Å². The molecule has 5 nitrogen and oxygen atoms in total. The molecule has 25 heavy (non-hydrogen) atoms. The number of aliphatic hydroxyl groups is 5. The number of fused-ring (bicyclic) bond motifs is 2. The fraction of sp³-hybridized carbons (Fsp3) is 0.900. The van der Waals surface area contributed by atoms with Gasteiger partial charge in [-0.15, -0.1) is 0 Å². The molecule has 0 saturated heterocycles. The van der Waals surface area contributed by atoms with Crippen molar-refractivity contribution >= 4 is 0 Å². The van der Waals surface area contributed by atoms with Crippen LogP contribution in [0.5, 0.6) is 0 Å². The highest BCUT2D eigenvalue weighted by Gasteiger charge is 2.72. The number of rotatable bonds is 0. The minimum absolute atomic E-state index is 0.0532. The topological polar surface area (TPSA) is 101 Å². The van der Waals surface area contributed by atoms with Gasteiger partial charge in [0.1, 0.15) is 5.60 Å². The maximum atomic E-state index is 11.6. The highest BCUT2D eigenvalue weighted by Crippen LogP contribution is 2.68. The minimum Gasteiger partial charge on any atom is -0.392 e. The highest BCUT2D eigenvalue weighted by molar-refractivity contribution is 5.31. The zero-order valence-electron chi connectivity index (χ0n) is 15.4. The monoisotopic (exact) mass is 352 g/mol. The molecule has 0 aromatic carbocycles. The van der Waals surface area contributed by atoms with Crippen molar-refractivity contribution in [1.29, 1.82) is 0 Å². The van der Waals surface area contributed by atoms with Crippen molar-refractivity contribution in [3.8, 4) is 0 Å². The van der Waals surface area contributed by atoms with E-state index in [1.54, 1.807) is 20.8 Å². The lowest BCUT2D eigenvalue weighted by atomic mass is 9.61. The molecule has 4 aliphatic rings. The van der Waals surface area contributed by atoms with E-state index in [4.69, 9.17) is 0 Å². The molecule has 5 N–H and O–H groups in total. The Morgan fingerprint density at radius 1 is 0.960 bits per heavy atom. The molecule has 4 aliphatic carbocycles. The summed E-state index contributed by atoms with van der Waals surface area (Å²) in [5, 5.41) is 55.2. The van der Waals surface area contributed by atoms with Crippen LogP contribution < -0.4 is 0 Å². The van der Waals surface area contributed by atoms with Crippen LogP contribution in [0.4, 0.5) is 0 Å². The summed E-state index contributed by atoms with van der Waals surface area (Å²) in [6.07, 6.45) is 0.0421. The first-order chi connectivity index (χ1) is 11.4. The molecular weight excluding hydrogens is 320 g/mol. The van der Waals surface area contributed by atoms with E-state index in [0.717, 1.165) is 12.0 Å². The van der Waals surface area contributed by atoms with Crippen LogP contribution >= 0.6 is 0 Å². The third-order valence-electron chi connectivity index (χ3n) is 8.75. The van der Waals surface area contributed by atoms with Gasteiger partial charge in [0.15, 0.2) is 0 Å². The van der Waals surface area contributed by atoms with E-state index in [1.807, 2.05) is 0 Å². The summed E-state index contributed by atoms with van der Waals surface area (Å²) in [5.41, 5.74) is -3.12. The van der Waals surface area contributed by atoms with Gasteiger partial charge in [-0.3, -0.25) is 0 Å². The van der Waals surface area contributed by atoms with Crippen LogP contribution in [0.2, 0.25) is 0 Å². The van der Waals surface area contributed by atoms with Crippen molar-refractivity contribution in [3.05, 3.63) is 12.2 Å². The molecule has 2 bridgehead atoms. The first kappa shape index (κ1) is 17.9. The summed E-state index contributed by atoms with van der Waals surface area (Å²) in [5.74, 6) is -0.649. The van der Waals surface area contributed by atoms with Crippen molar-refractivity contribution in [2.24, 2.45) is 28.6 Å². The van der Waals surface area contributed by atoms with Crippen LogP contribution in [0, 0.1) is 28.6 Å². The van der Waals surface area contributed by atoms with E-state index in [2.05, 4.69) is 6.58 Å². The maximum Gasteiger partial charge on any atom is 0.105 e. The van der Waals surface area contributed by atoms with Gasteiger partial charge in [-0.25, -0.2) is 0 Å². The predicted molar refractivity (Wildman–Crippen MR) is 92.5 cm³/mol. The van der Waals surface area contributed by atoms with Gasteiger partial charge in [-0.1, -0.05) is 26.0 Å². The average molecular weight is 352 g/mol. The Bertz CT molecular complexity index is 613. The van der Waals surface area contributed by atoms with Crippen molar-refractivity contribution < 1.29 is 25.5 Å². The van der Waals surface area contributed by atoms with Crippen LogP contribution in [0.1, 0.15) is 52.9 Å². The Labute approximate surface area is 149 Å². The summed E-state index contributed by atoms with van der Waals surface area (Å²) < 4.78 is 0. The van der Waals surface area contributed by atoms with E-state index in [0.29, 0.717) is 19.3 Å². The van der Waals surface area contributed by atoms with E-state index in [1.165, 1.54) is 0 Å². The smallest absolute Gasteiger partial charge is 0.105 e. The molecule has 0 aromatic rings. The lowest BCUT2D eigenvalue weighted by Gasteiger charge is -2.46. The lowest BCUT2D eigenvalue weighted by Crippen LogP contribution is -2.57. The van der Waals surface area contributed by atoms with Gasteiger partial charge in [0.2, 0.25) is 0 Å². The Hall–Kier alpha value is -0.460. The summed E-state index contributed by atoms with van der Waals surface area (Å²) in [6.45, 7) is 9.67. The second kappa shape index (κ2) is 4.87. The van der Waals surface area contributed by atoms with E-state index >= 15 is 0 Å². The number of hydrogen-bond donors (Lipinski definition) is 5. The van der Waals surface area contributed by atoms with Crippen molar-refractivity contribution in [3.63, 3.8) is 0 Å². The first-order valence-corrected chi connectivity index (χ1v) is 9.57. The third-order valence-corrected chi connectivity index (χ3v) is 8.75. The highest BCUT2D eigenvalue weighted by atomic mass is 16.4. The molecular formula is C20H32O5. The minimum atomic E-state index is -1.47. The molecule has 142 valence electrons. The molecule has 4 fully saturated rings. The fourth-order valence-corrected chi connectivity index (χ4v) is 7.23. The molecule has 0 aromatic heterocycles. The van der Waals surface area contributed by atoms with Crippen molar-refractivity contribution in [2.75, 3.05) is 0 Å². The SMILES string of the molecule is C=C1[C@@H]2CC[C@@H]3[C@H](O)[C@@]2(C[C@@H](O)[C@@]2(O)[C@H]1C[C@H](O)C2(C)C)C[C@@]3(C)O. The Morgan fingerprint density at radius 3 is 2.24 bits per heavy atom. The molecule has 1 spiro atoms. The molecule has 0 aliphatic heterocycles. The van der Waals surface area contributed by atoms with E-state index in [9.17, 15) is 25.5 Å². The number of hydrogen-bond acceptors (Lipinski definition) is 5. The van der Waals surface area contributed by atoms with Crippen molar-refractivity contribution in [1.82, 2.24) is 0 Å². The first-order valence-electron chi connectivity index (χ1n) is 9.57. The maximum absolute atomic E-state index is 11.6. The van der Waals surface area contributed by atoms with Gasteiger partial charge in [0.25, 0.3) is 0 Å². The molecule has 4 rings (SSSR count). The predicted octanol–water partition coefficient (Wildman–Crippen LogP) is 0.974. The van der Waals surface area contributed by atoms with E-state index in [-0.39, 0.29) is 18.3 Å². The molecule has 9 atom stereocenters. The van der Waals surface area contributed by atoms with Gasteiger partial charge in [-0.05, 0) is 44.9 Å². The average Bonchev–Trinajstić information content (AvgIpc) is 2.71. The van der Waals surface area contributed by atoms with E-state index < -0.39 is 46.3 Å². The molecule has 0 heterocycles. The normalized spacial score (nSPS) is 60.1. The van der Waals surface area contributed by atoms with Crippen LogP contribution in [0.3, 0.4) is 0 Å². The lowest BCUT2D eigenvalue weighted by molar-refractivity contribution is -0.174. The standard InChI is InChI=1S/C20H32O5/c1-10-11-5-6-12-16(23)19(11,9-18(12,4)24)8-15(22)20(25)13(10)7-14(21)17(20,2)3/h11-16,21-25H,1,5-9H2,2-4H3/t11-,12+,13-,14-,15+,16-,18+,19-,20-/m0/s1.